The number of nitrogens with one attached hydrogen (secondary N) is 2. The number of unbranched alkanes of at least 4 members (excludes halogenated alkanes) is 6. The van der Waals surface area contributed by atoms with Gasteiger partial charge in [0, 0.05) is 24.3 Å². The molecule has 27 heavy (non-hydrogen) atoms. The number of nitrogens with zero attached hydrogens (tertiary/aromatic N) is 4. The highest BCUT2D eigenvalue weighted by Gasteiger charge is 2.05. The van der Waals surface area contributed by atoms with E-state index in [0.29, 0.717) is 0 Å². The van der Waals surface area contributed by atoms with E-state index in [1.54, 1.807) is 23.5 Å². The second-order valence-electron chi connectivity index (χ2n) is 6.80. The Morgan fingerprint density at radius 2 is 1.11 bits per heavy atom. The standard InChI is InChI=1S/C19H34N6S2/c1-3-5-10-14-26-18-20-16(22-24-18)12-8-7-9-13-17-21-19(25-23-17)27-15-11-6-4-2/h3-15H2,1-2H3,(H,20,22,24)(H,21,23,25). The first-order valence-corrected chi connectivity index (χ1v) is 12.4. The first-order valence-electron chi connectivity index (χ1n) is 10.4. The van der Waals surface area contributed by atoms with Crippen molar-refractivity contribution in [1.29, 1.82) is 0 Å². The van der Waals surface area contributed by atoms with Crippen LogP contribution in [0.15, 0.2) is 10.3 Å². The molecular weight excluding hydrogens is 376 g/mol. The van der Waals surface area contributed by atoms with Crippen LogP contribution in [-0.2, 0) is 12.8 Å². The summed E-state index contributed by atoms with van der Waals surface area (Å²) in [5, 5.41) is 16.5. The van der Waals surface area contributed by atoms with Gasteiger partial charge in [-0.1, -0.05) is 69.5 Å². The van der Waals surface area contributed by atoms with Gasteiger partial charge in [-0.15, -0.1) is 10.2 Å². The van der Waals surface area contributed by atoms with E-state index in [2.05, 4.69) is 44.2 Å². The highest BCUT2D eigenvalue weighted by molar-refractivity contribution is 7.99. The van der Waals surface area contributed by atoms with Crippen molar-refractivity contribution in [2.75, 3.05) is 11.5 Å². The summed E-state index contributed by atoms with van der Waals surface area (Å²) in [5.74, 6) is 4.25. The lowest BCUT2D eigenvalue weighted by molar-refractivity contribution is 0.650. The van der Waals surface area contributed by atoms with Crippen molar-refractivity contribution in [3.8, 4) is 0 Å². The zero-order chi connectivity index (χ0) is 19.2. The maximum atomic E-state index is 4.57. The van der Waals surface area contributed by atoms with Crippen molar-refractivity contribution in [3.05, 3.63) is 11.6 Å². The molecule has 0 atom stereocenters. The van der Waals surface area contributed by atoms with Crippen LogP contribution >= 0.6 is 23.5 Å². The minimum absolute atomic E-state index is 0.895. The summed E-state index contributed by atoms with van der Waals surface area (Å²) >= 11 is 3.52. The summed E-state index contributed by atoms with van der Waals surface area (Å²) in [6.45, 7) is 4.45. The predicted octanol–water partition coefficient (Wildman–Crippen LogP) is 5.44. The zero-order valence-electron chi connectivity index (χ0n) is 16.8. The van der Waals surface area contributed by atoms with Crippen LogP contribution in [0.25, 0.3) is 0 Å². The van der Waals surface area contributed by atoms with E-state index in [9.17, 15) is 0 Å². The molecule has 0 amide bonds. The highest BCUT2D eigenvalue weighted by Crippen LogP contribution is 2.17. The highest BCUT2D eigenvalue weighted by atomic mass is 32.2. The fourth-order valence-corrected chi connectivity index (χ4v) is 4.33. The minimum atomic E-state index is 0.895. The van der Waals surface area contributed by atoms with Crippen molar-refractivity contribution in [2.45, 2.75) is 94.8 Å². The fourth-order valence-electron chi connectivity index (χ4n) is 2.70. The molecule has 0 bridgehead atoms. The van der Waals surface area contributed by atoms with Crippen LogP contribution in [-0.4, -0.2) is 41.9 Å². The van der Waals surface area contributed by atoms with Crippen molar-refractivity contribution < 1.29 is 0 Å². The molecule has 0 aliphatic carbocycles. The van der Waals surface area contributed by atoms with Crippen LogP contribution in [0, 0.1) is 0 Å². The molecule has 2 heterocycles. The minimum Gasteiger partial charge on any atom is -0.262 e. The average Bonchev–Trinajstić information content (AvgIpc) is 3.32. The zero-order valence-corrected chi connectivity index (χ0v) is 18.4. The summed E-state index contributed by atoms with van der Waals surface area (Å²) in [4.78, 5) is 9.15. The molecular formula is C19H34N6S2. The number of H-pyrrole nitrogens is 2. The van der Waals surface area contributed by atoms with Crippen molar-refractivity contribution >= 4 is 23.5 Å². The molecule has 0 radical (unpaired) electrons. The van der Waals surface area contributed by atoms with Crippen molar-refractivity contribution in [3.63, 3.8) is 0 Å². The number of aromatic amines is 2. The maximum Gasteiger partial charge on any atom is 0.208 e. The van der Waals surface area contributed by atoms with Gasteiger partial charge in [0.05, 0.1) is 0 Å². The second kappa shape index (κ2) is 14.0. The Morgan fingerprint density at radius 3 is 1.56 bits per heavy atom. The van der Waals surface area contributed by atoms with Gasteiger partial charge in [-0.25, -0.2) is 9.97 Å². The lowest BCUT2D eigenvalue weighted by Gasteiger charge is -1.98. The molecule has 2 N–H and O–H groups in total. The van der Waals surface area contributed by atoms with Gasteiger partial charge in [-0.3, -0.25) is 10.2 Å². The quantitative estimate of drug-likeness (QED) is 0.283. The van der Waals surface area contributed by atoms with Gasteiger partial charge in [0.25, 0.3) is 0 Å². The van der Waals surface area contributed by atoms with Gasteiger partial charge in [0.2, 0.25) is 10.3 Å². The Balaban J connectivity index is 1.53. The van der Waals surface area contributed by atoms with E-state index >= 15 is 0 Å². The van der Waals surface area contributed by atoms with Crippen molar-refractivity contribution in [1.82, 2.24) is 30.4 Å². The van der Waals surface area contributed by atoms with E-state index in [-0.39, 0.29) is 0 Å². The molecule has 2 aromatic rings. The van der Waals surface area contributed by atoms with E-state index in [1.165, 1.54) is 44.9 Å². The summed E-state index contributed by atoms with van der Waals surface area (Å²) in [7, 11) is 0. The largest absolute Gasteiger partial charge is 0.262 e. The molecule has 0 aliphatic heterocycles. The number of hydrogen-bond acceptors (Lipinski definition) is 6. The lowest BCUT2D eigenvalue weighted by atomic mass is 10.1. The van der Waals surface area contributed by atoms with Crippen LogP contribution < -0.4 is 0 Å². The second-order valence-corrected chi connectivity index (χ2v) is 8.93. The number of hydrogen-bond donors (Lipinski definition) is 2. The normalized spacial score (nSPS) is 11.3. The molecule has 2 rings (SSSR count). The van der Waals surface area contributed by atoms with Gasteiger partial charge in [-0.2, -0.15) is 0 Å². The molecule has 6 nitrogen and oxygen atoms in total. The molecule has 0 aliphatic rings. The van der Waals surface area contributed by atoms with E-state index in [0.717, 1.165) is 59.2 Å². The number of thioether (sulfide) groups is 2. The summed E-state index contributed by atoms with van der Waals surface area (Å²) in [6.07, 6.45) is 12.9. The Labute approximate surface area is 171 Å². The van der Waals surface area contributed by atoms with Gasteiger partial charge < -0.3 is 0 Å². The number of aromatic nitrogens is 6. The third-order valence-electron chi connectivity index (χ3n) is 4.31. The molecule has 0 fully saturated rings. The number of aryl methyl sites for hydroxylation is 2. The van der Waals surface area contributed by atoms with Crippen LogP contribution in [0.4, 0.5) is 0 Å². The fraction of sp³-hybridized carbons (Fsp3) is 0.789. The Morgan fingerprint density at radius 1 is 0.630 bits per heavy atom. The van der Waals surface area contributed by atoms with Gasteiger partial charge in [0.1, 0.15) is 11.6 Å². The molecule has 2 aromatic heterocycles. The Bertz CT molecular complexity index is 561. The monoisotopic (exact) mass is 410 g/mol. The third kappa shape index (κ3) is 9.65. The average molecular weight is 411 g/mol. The van der Waals surface area contributed by atoms with Gasteiger partial charge in [-0.05, 0) is 25.7 Å². The summed E-state index contributed by atoms with van der Waals surface area (Å²) < 4.78 is 0. The summed E-state index contributed by atoms with van der Waals surface area (Å²) in [6, 6.07) is 0. The molecule has 0 saturated carbocycles. The lowest BCUT2D eigenvalue weighted by Crippen LogP contribution is -1.92. The first kappa shape index (κ1) is 22.3. The molecule has 8 heteroatoms. The predicted molar refractivity (Wildman–Crippen MR) is 115 cm³/mol. The maximum absolute atomic E-state index is 4.57. The van der Waals surface area contributed by atoms with E-state index in [1.807, 2.05) is 0 Å². The number of rotatable bonds is 16. The summed E-state index contributed by atoms with van der Waals surface area (Å²) in [5.41, 5.74) is 0. The molecule has 0 spiro atoms. The smallest absolute Gasteiger partial charge is 0.208 e. The topological polar surface area (TPSA) is 83.1 Å². The van der Waals surface area contributed by atoms with Crippen LogP contribution in [0.5, 0.6) is 0 Å². The van der Waals surface area contributed by atoms with E-state index < -0.39 is 0 Å². The van der Waals surface area contributed by atoms with Gasteiger partial charge >= 0.3 is 0 Å². The molecule has 0 aromatic carbocycles. The molecule has 0 saturated heterocycles. The van der Waals surface area contributed by atoms with Crippen LogP contribution in [0.3, 0.4) is 0 Å². The van der Waals surface area contributed by atoms with Gasteiger partial charge in [0.15, 0.2) is 0 Å². The molecule has 152 valence electrons. The van der Waals surface area contributed by atoms with E-state index in [4.69, 9.17) is 0 Å². The molecule has 0 unspecified atom stereocenters. The van der Waals surface area contributed by atoms with Crippen LogP contribution in [0.2, 0.25) is 0 Å². The Kier molecular flexibility index (Phi) is 11.6. The van der Waals surface area contributed by atoms with Crippen molar-refractivity contribution in [2.24, 2.45) is 0 Å². The third-order valence-corrected chi connectivity index (χ3v) is 6.17. The Hall–Kier alpha value is -1.02. The first-order chi connectivity index (χ1) is 13.3. The SMILES string of the molecule is CCCCCSc1n[nH]c(CCCCCc2nc(SCCCCC)n[nH]2)n1. The van der Waals surface area contributed by atoms with Crippen LogP contribution in [0.1, 0.15) is 83.3 Å².